The first-order valence-corrected chi connectivity index (χ1v) is 9.07. The summed E-state index contributed by atoms with van der Waals surface area (Å²) < 4.78 is 0. The van der Waals surface area contributed by atoms with E-state index >= 15 is 0 Å². The Morgan fingerprint density at radius 2 is 1.30 bits per heavy atom. The first kappa shape index (κ1) is 21.4. The zero-order chi connectivity index (χ0) is 17.2. The molecule has 130 valence electrons. The van der Waals surface area contributed by atoms with Crippen molar-refractivity contribution in [2.45, 2.75) is 71.6 Å². The topological polar surface area (TPSA) is 43.1 Å². The van der Waals surface area contributed by atoms with Crippen molar-refractivity contribution in [1.82, 2.24) is 0 Å². The van der Waals surface area contributed by atoms with Crippen LogP contribution in [0.2, 0.25) is 0 Å². The molecule has 0 aromatic rings. The molecule has 0 bridgehead atoms. The average Bonchev–Trinajstić information content (AvgIpc) is 2.54. The molecule has 0 heterocycles. The van der Waals surface area contributed by atoms with Gasteiger partial charge in [-0.15, -0.1) is 0 Å². The average molecular weight is 318 g/mol. The van der Waals surface area contributed by atoms with Gasteiger partial charge in [-0.25, -0.2) is 0 Å². The van der Waals surface area contributed by atoms with E-state index in [0.717, 1.165) is 32.1 Å². The van der Waals surface area contributed by atoms with Crippen LogP contribution in [0.25, 0.3) is 0 Å². The molecule has 23 heavy (non-hydrogen) atoms. The van der Waals surface area contributed by atoms with Gasteiger partial charge in [-0.3, -0.25) is 4.79 Å². The van der Waals surface area contributed by atoms with E-state index in [0.29, 0.717) is 0 Å². The molecule has 0 aliphatic carbocycles. The van der Waals surface area contributed by atoms with Crippen LogP contribution in [-0.2, 0) is 4.79 Å². The summed E-state index contributed by atoms with van der Waals surface area (Å²) in [4.78, 5) is 10.9. The van der Waals surface area contributed by atoms with Gasteiger partial charge in [-0.2, -0.15) is 0 Å². The van der Waals surface area contributed by atoms with Crippen LogP contribution in [0.3, 0.4) is 0 Å². The number of primary amides is 1. The van der Waals surface area contributed by atoms with Gasteiger partial charge in [0, 0.05) is 5.92 Å². The maximum atomic E-state index is 10.9. The highest BCUT2D eigenvalue weighted by molar-refractivity contribution is 5.76. The number of hydrogen-bond donors (Lipinski definition) is 1. The number of amides is 1. The fourth-order valence-corrected chi connectivity index (χ4v) is 2.05. The lowest BCUT2D eigenvalue weighted by Crippen LogP contribution is -2.20. The van der Waals surface area contributed by atoms with Crippen LogP contribution >= 0.6 is 0 Å². The SMILES string of the molecule is CCCCC/C=C\C/C=C\C/C=C\C/C=C\CCC(C)C(N)=O. The Morgan fingerprint density at radius 1 is 0.826 bits per heavy atom. The molecule has 2 nitrogen and oxygen atoms in total. The van der Waals surface area contributed by atoms with Crippen molar-refractivity contribution in [3.8, 4) is 0 Å². The molecule has 0 aliphatic rings. The predicted molar refractivity (Wildman–Crippen MR) is 102 cm³/mol. The summed E-state index contributed by atoms with van der Waals surface area (Å²) >= 11 is 0. The third-order valence-corrected chi connectivity index (χ3v) is 3.71. The van der Waals surface area contributed by atoms with E-state index in [1.165, 1.54) is 25.7 Å². The van der Waals surface area contributed by atoms with E-state index in [-0.39, 0.29) is 11.8 Å². The molecule has 1 unspecified atom stereocenters. The van der Waals surface area contributed by atoms with Crippen molar-refractivity contribution in [3.63, 3.8) is 0 Å². The molecule has 0 saturated carbocycles. The van der Waals surface area contributed by atoms with Gasteiger partial charge in [0.05, 0.1) is 0 Å². The Bertz CT molecular complexity index is 391. The van der Waals surface area contributed by atoms with Crippen molar-refractivity contribution < 1.29 is 4.79 Å². The molecule has 0 saturated heterocycles. The zero-order valence-electron chi connectivity index (χ0n) is 15.0. The third kappa shape index (κ3) is 16.6. The minimum Gasteiger partial charge on any atom is -0.369 e. The molecule has 2 N–H and O–H groups in total. The van der Waals surface area contributed by atoms with E-state index < -0.39 is 0 Å². The molecular weight excluding hydrogens is 282 g/mol. The molecular formula is C21H35NO. The number of rotatable bonds is 14. The number of allylic oxidation sites excluding steroid dienone is 8. The largest absolute Gasteiger partial charge is 0.369 e. The second-order valence-electron chi connectivity index (χ2n) is 5.97. The summed E-state index contributed by atoms with van der Waals surface area (Å²) in [6, 6.07) is 0. The summed E-state index contributed by atoms with van der Waals surface area (Å²) in [5.74, 6) is -0.234. The number of carbonyl (C=O) groups excluding carboxylic acids is 1. The first-order valence-electron chi connectivity index (χ1n) is 9.07. The van der Waals surface area contributed by atoms with Gasteiger partial charge in [0.2, 0.25) is 5.91 Å². The van der Waals surface area contributed by atoms with Gasteiger partial charge in [0.25, 0.3) is 0 Å². The molecule has 0 spiro atoms. The predicted octanol–water partition coefficient (Wildman–Crippen LogP) is 5.86. The molecule has 0 aliphatic heterocycles. The molecule has 1 atom stereocenters. The minimum atomic E-state index is -0.208. The Kier molecular flexibility index (Phi) is 15.6. The minimum absolute atomic E-state index is 0.0268. The first-order chi connectivity index (χ1) is 11.2. The zero-order valence-corrected chi connectivity index (χ0v) is 15.0. The maximum absolute atomic E-state index is 10.9. The third-order valence-electron chi connectivity index (χ3n) is 3.71. The van der Waals surface area contributed by atoms with Crippen LogP contribution in [0.1, 0.15) is 71.6 Å². The molecule has 0 aromatic heterocycles. The van der Waals surface area contributed by atoms with Gasteiger partial charge in [-0.05, 0) is 44.9 Å². The molecule has 0 rings (SSSR count). The number of carbonyl (C=O) groups is 1. The summed E-state index contributed by atoms with van der Waals surface area (Å²) in [5, 5.41) is 0. The maximum Gasteiger partial charge on any atom is 0.220 e. The van der Waals surface area contributed by atoms with Crippen LogP contribution in [-0.4, -0.2) is 5.91 Å². The fraction of sp³-hybridized carbons (Fsp3) is 0.571. The van der Waals surface area contributed by atoms with Gasteiger partial charge in [0.1, 0.15) is 0 Å². The molecule has 0 radical (unpaired) electrons. The Morgan fingerprint density at radius 3 is 1.78 bits per heavy atom. The second-order valence-corrected chi connectivity index (χ2v) is 5.97. The monoisotopic (exact) mass is 317 g/mol. The van der Waals surface area contributed by atoms with Gasteiger partial charge in [-0.1, -0.05) is 75.3 Å². The Balaban J connectivity index is 3.49. The number of hydrogen-bond acceptors (Lipinski definition) is 1. The van der Waals surface area contributed by atoms with Gasteiger partial charge in [0.15, 0.2) is 0 Å². The van der Waals surface area contributed by atoms with Gasteiger partial charge >= 0.3 is 0 Å². The molecule has 1 amide bonds. The number of nitrogens with two attached hydrogens (primary N) is 1. The lowest BCUT2D eigenvalue weighted by atomic mass is 10.1. The van der Waals surface area contributed by atoms with Crippen molar-refractivity contribution in [3.05, 3.63) is 48.6 Å². The number of unbranched alkanes of at least 4 members (excludes halogenated alkanes) is 3. The van der Waals surface area contributed by atoms with Crippen LogP contribution in [0, 0.1) is 5.92 Å². The highest BCUT2D eigenvalue weighted by Crippen LogP contribution is 2.05. The van der Waals surface area contributed by atoms with Crippen molar-refractivity contribution >= 4 is 5.91 Å². The van der Waals surface area contributed by atoms with E-state index in [2.05, 4.69) is 55.5 Å². The van der Waals surface area contributed by atoms with E-state index in [1.54, 1.807) is 0 Å². The van der Waals surface area contributed by atoms with E-state index in [1.807, 2.05) is 6.92 Å². The standard InChI is InChI=1S/C21H35NO/c1-3-4-5-6-7-8-9-10-11-12-13-14-15-16-17-18-19-20(2)21(22)23/h7-8,10-11,13-14,16-17,20H,3-6,9,12,15,18-19H2,1-2H3,(H2,22,23)/b8-7-,11-10-,14-13-,17-16-. The lowest BCUT2D eigenvalue weighted by Gasteiger charge is -2.02. The normalized spacial score (nSPS) is 13.8. The van der Waals surface area contributed by atoms with Crippen LogP contribution in [0.15, 0.2) is 48.6 Å². The Labute approximate surface area is 143 Å². The summed E-state index contributed by atoms with van der Waals surface area (Å²) in [6.07, 6.45) is 27.5. The summed E-state index contributed by atoms with van der Waals surface area (Å²) in [6.45, 7) is 4.11. The highest BCUT2D eigenvalue weighted by atomic mass is 16.1. The van der Waals surface area contributed by atoms with Crippen LogP contribution in [0.4, 0.5) is 0 Å². The highest BCUT2D eigenvalue weighted by Gasteiger charge is 2.05. The lowest BCUT2D eigenvalue weighted by molar-refractivity contribution is -0.121. The summed E-state index contributed by atoms with van der Waals surface area (Å²) in [5.41, 5.74) is 5.22. The van der Waals surface area contributed by atoms with E-state index in [9.17, 15) is 4.79 Å². The van der Waals surface area contributed by atoms with Crippen LogP contribution < -0.4 is 5.73 Å². The van der Waals surface area contributed by atoms with Crippen molar-refractivity contribution in [1.29, 1.82) is 0 Å². The smallest absolute Gasteiger partial charge is 0.220 e. The van der Waals surface area contributed by atoms with Crippen molar-refractivity contribution in [2.75, 3.05) is 0 Å². The van der Waals surface area contributed by atoms with Crippen molar-refractivity contribution in [2.24, 2.45) is 11.7 Å². The van der Waals surface area contributed by atoms with Crippen LogP contribution in [0.5, 0.6) is 0 Å². The van der Waals surface area contributed by atoms with Gasteiger partial charge < -0.3 is 5.73 Å². The molecule has 0 aromatic carbocycles. The van der Waals surface area contributed by atoms with E-state index in [4.69, 9.17) is 5.73 Å². The summed E-state index contributed by atoms with van der Waals surface area (Å²) in [7, 11) is 0. The Hall–Kier alpha value is -1.57. The quantitative estimate of drug-likeness (QED) is 0.316. The molecule has 0 fully saturated rings. The fourth-order valence-electron chi connectivity index (χ4n) is 2.05. The molecule has 2 heteroatoms. The second kappa shape index (κ2) is 16.8.